The van der Waals surface area contributed by atoms with Gasteiger partial charge >= 0.3 is 11.9 Å². The number of carbonyl (C=O) groups excluding carboxylic acids is 8. The van der Waals surface area contributed by atoms with Crippen LogP contribution in [0.3, 0.4) is 0 Å². The summed E-state index contributed by atoms with van der Waals surface area (Å²) >= 11 is 0. The zero-order valence-corrected chi connectivity index (χ0v) is 44.9. The molecule has 2 aromatic rings. The first-order valence-electron chi connectivity index (χ1n) is 25.4. The zero-order chi connectivity index (χ0) is 56.7. The smallest absolute Gasteiger partial charge is 0.326 e. The number of benzene rings is 1. The molecule has 0 aliphatic heterocycles. The van der Waals surface area contributed by atoms with E-state index in [1.165, 1.54) is 13.8 Å². The van der Waals surface area contributed by atoms with Gasteiger partial charge in [-0.2, -0.15) is 0 Å². The van der Waals surface area contributed by atoms with Crippen LogP contribution in [-0.4, -0.2) is 159 Å². The molecule has 24 nitrogen and oxygen atoms in total. The Kier molecular flexibility index (Phi) is 27.3. The molecule has 2 rings (SSSR count). The Hall–Kier alpha value is -6.79. The molecule has 1 aromatic carbocycles. The van der Waals surface area contributed by atoms with Gasteiger partial charge in [-0.3, -0.25) is 53.0 Å². The summed E-state index contributed by atoms with van der Waals surface area (Å²) in [6.07, 6.45) is 0.431. The lowest BCUT2D eigenvalue weighted by Gasteiger charge is -2.29. The van der Waals surface area contributed by atoms with Gasteiger partial charge in [0.15, 0.2) is 0 Å². The van der Waals surface area contributed by atoms with Crippen LogP contribution >= 0.6 is 0 Å². The van der Waals surface area contributed by atoms with Crippen molar-refractivity contribution in [3.63, 3.8) is 0 Å². The number of carbonyl (C=O) groups is 10. The number of aliphatic hydroxyl groups excluding tert-OH is 1. The van der Waals surface area contributed by atoms with E-state index >= 15 is 0 Å². The largest absolute Gasteiger partial charge is 0.481 e. The molecule has 0 aliphatic rings. The number of para-hydroxylation sites is 1. The van der Waals surface area contributed by atoms with Crippen LogP contribution in [0.25, 0.3) is 10.9 Å². The van der Waals surface area contributed by atoms with Gasteiger partial charge in [0.25, 0.3) is 0 Å². The molecule has 1 heterocycles. The number of carboxylic acids is 2. The van der Waals surface area contributed by atoms with Crippen molar-refractivity contribution in [3.8, 4) is 0 Å². The summed E-state index contributed by atoms with van der Waals surface area (Å²) in [6.45, 7) is 16.2. The van der Waals surface area contributed by atoms with Crippen molar-refractivity contribution in [3.05, 3.63) is 42.1 Å². The molecule has 13 N–H and O–H groups in total. The molecule has 0 saturated heterocycles. The van der Waals surface area contributed by atoms with E-state index in [0.717, 1.165) is 10.9 Å². The minimum Gasteiger partial charge on any atom is -0.481 e. The number of nitrogens with one attached hydrogen (secondary N) is 8. The standard InChI is InChI=1S/C51H81N11O13/c1-11-30(8)43(49(72)58-38(23-28(4)5)48(71)61-44(32(10)63)50(73)60-42(29(6)7)51(74)75)59-39(64)24-55-40(65)26-62(25-33-18-19-53-36-15-13-12-14-34(33)36)21-20-54-45(68)31(9)56-47(70)37(22-27(2)3)57-46(69)35(52)16-17-41(66)67/h12-15,18-19,27-32,35,37-38,42-44,63H,11,16-17,20-26,52H2,1-10H3,(H,54,68)(H,55,65)(H,56,70)(H,57,69)(H,58,72)(H,59,64)(H,60,73)(H,61,71)(H,66,67)(H,74,75)/t30-,31-,32+,35-,37-,38-,42-,43-,44-/m0/s1. The first-order chi connectivity index (χ1) is 35.1. The Balaban J connectivity index is 2.19. The van der Waals surface area contributed by atoms with Crippen molar-refractivity contribution < 1.29 is 63.3 Å². The van der Waals surface area contributed by atoms with E-state index in [-0.39, 0.29) is 63.7 Å². The van der Waals surface area contributed by atoms with E-state index in [4.69, 9.17) is 10.8 Å². The minimum absolute atomic E-state index is 0.0120. The lowest BCUT2D eigenvalue weighted by Crippen LogP contribution is -2.61. The predicted octanol–water partition coefficient (Wildman–Crippen LogP) is -0.350. The van der Waals surface area contributed by atoms with Gasteiger partial charge in [0.05, 0.1) is 30.8 Å². The van der Waals surface area contributed by atoms with Gasteiger partial charge in [-0.1, -0.05) is 80.0 Å². The maximum absolute atomic E-state index is 13.9. The van der Waals surface area contributed by atoms with Gasteiger partial charge in [-0.25, -0.2) is 4.79 Å². The van der Waals surface area contributed by atoms with Crippen molar-refractivity contribution >= 4 is 70.1 Å². The molecule has 0 spiro atoms. The fraction of sp³-hybridized carbons (Fsp3) is 0.627. The van der Waals surface area contributed by atoms with Crippen LogP contribution in [0.1, 0.15) is 107 Å². The first kappa shape index (κ1) is 64.3. The van der Waals surface area contributed by atoms with Gasteiger partial charge in [0, 0.05) is 37.6 Å². The van der Waals surface area contributed by atoms with Crippen LogP contribution in [0.15, 0.2) is 36.5 Å². The normalized spacial score (nSPS) is 15.0. The number of pyridine rings is 1. The van der Waals surface area contributed by atoms with Crippen LogP contribution in [0, 0.1) is 23.7 Å². The van der Waals surface area contributed by atoms with Crippen molar-refractivity contribution in [1.82, 2.24) is 52.4 Å². The summed E-state index contributed by atoms with van der Waals surface area (Å²) in [7, 11) is 0. The molecule has 0 unspecified atom stereocenters. The molecule has 9 atom stereocenters. The molecule has 0 fully saturated rings. The second-order valence-electron chi connectivity index (χ2n) is 20.1. The highest BCUT2D eigenvalue weighted by Crippen LogP contribution is 2.18. The van der Waals surface area contributed by atoms with Crippen LogP contribution in [0.4, 0.5) is 0 Å². The average Bonchev–Trinajstić information content (AvgIpc) is 3.33. The molecular weight excluding hydrogens is 975 g/mol. The second kappa shape index (κ2) is 31.8. The van der Waals surface area contributed by atoms with Crippen molar-refractivity contribution in [2.45, 2.75) is 156 Å². The van der Waals surface area contributed by atoms with Crippen LogP contribution in [0.2, 0.25) is 0 Å². The number of aromatic nitrogens is 1. The molecular formula is C51H81N11O13. The molecule has 75 heavy (non-hydrogen) atoms. The number of aliphatic hydroxyl groups is 1. The molecule has 0 bridgehead atoms. The van der Waals surface area contributed by atoms with Gasteiger partial charge < -0.3 is 63.6 Å². The Morgan fingerprint density at radius 1 is 0.653 bits per heavy atom. The molecule has 24 heteroatoms. The number of hydrogen-bond donors (Lipinski definition) is 12. The number of aliphatic carboxylic acids is 2. The number of fused-ring (bicyclic) bond motifs is 1. The summed E-state index contributed by atoms with van der Waals surface area (Å²) < 4.78 is 0. The number of amides is 8. The maximum atomic E-state index is 13.9. The van der Waals surface area contributed by atoms with Crippen molar-refractivity contribution in [2.75, 3.05) is 26.2 Å². The van der Waals surface area contributed by atoms with E-state index in [2.05, 4.69) is 47.5 Å². The van der Waals surface area contributed by atoms with Crippen molar-refractivity contribution in [1.29, 1.82) is 0 Å². The lowest BCUT2D eigenvalue weighted by atomic mass is 9.96. The van der Waals surface area contributed by atoms with E-state index in [1.807, 2.05) is 38.1 Å². The molecule has 1 aromatic heterocycles. The quantitative estimate of drug-likeness (QED) is 0.0435. The minimum atomic E-state index is -1.57. The molecule has 0 radical (unpaired) electrons. The number of rotatable bonds is 33. The van der Waals surface area contributed by atoms with E-state index < -0.39 is 126 Å². The zero-order valence-electron chi connectivity index (χ0n) is 44.9. The molecule has 418 valence electrons. The summed E-state index contributed by atoms with van der Waals surface area (Å²) in [6, 6.07) is 0.626. The van der Waals surface area contributed by atoms with Crippen LogP contribution in [0.5, 0.6) is 0 Å². The fourth-order valence-corrected chi connectivity index (χ4v) is 7.75. The Labute approximate surface area is 438 Å². The monoisotopic (exact) mass is 1060 g/mol. The van der Waals surface area contributed by atoms with E-state index in [0.29, 0.717) is 11.9 Å². The van der Waals surface area contributed by atoms with Gasteiger partial charge in [0.2, 0.25) is 47.3 Å². The van der Waals surface area contributed by atoms with Gasteiger partial charge in [-0.05, 0) is 74.5 Å². The average molecular weight is 1060 g/mol. The van der Waals surface area contributed by atoms with Gasteiger partial charge in [0.1, 0.15) is 36.3 Å². The van der Waals surface area contributed by atoms with E-state index in [1.54, 1.807) is 58.7 Å². The third-order valence-electron chi connectivity index (χ3n) is 12.2. The SMILES string of the molecule is CC[C@H](C)[C@H](NC(=O)CNC(=O)CN(CCNC(=O)[C@H](C)NC(=O)[C@H](CC(C)C)NC(=O)[C@@H](N)CCC(=O)O)Cc1ccnc2ccccc12)C(=O)N[C@@H](CC(C)C)C(=O)N[C@H](C(=O)N[C@H](C(=O)O)C(C)C)[C@@H](C)O. The Morgan fingerprint density at radius 2 is 1.23 bits per heavy atom. The maximum Gasteiger partial charge on any atom is 0.326 e. The number of hydrogen-bond acceptors (Lipinski definition) is 14. The Bertz CT molecular complexity index is 2270. The first-order valence-corrected chi connectivity index (χ1v) is 25.4. The third-order valence-corrected chi connectivity index (χ3v) is 12.2. The Morgan fingerprint density at radius 3 is 1.79 bits per heavy atom. The topological polar surface area (TPSA) is 370 Å². The van der Waals surface area contributed by atoms with Crippen LogP contribution < -0.4 is 48.3 Å². The van der Waals surface area contributed by atoms with Crippen molar-refractivity contribution in [2.24, 2.45) is 29.4 Å². The van der Waals surface area contributed by atoms with Gasteiger partial charge in [-0.15, -0.1) is 0 Å². The summed E-state index contributed by atoms with van der Waals surface area (Å²) in [5.41, 5.74) is 7.38. The highest BCUT2D eigenvalue weighted by Gasteiger charge is 2.35. The molecule has 8 amide bonds. The predicted molar refractivity (Wildman–Crippen MR) is 278 cm³/mol. The highest BCUT2D eigenvalue weighted by molar-refractivity contribution is 5.96. The summed E-state index contributed by atoms with van der Waals surface area (Å²) in [5.74, 6) is -9.30. The third kappa shape index (κ3) is 22.7. The highest BCUT2D eigenvalue weighted by atomic mass is 16.4. The number of carboxylic acid groups (broad SMARTS) is 2. The molecule has 0 saturated carbocycles. The van der Waals surface area contributed by atoms with E-state index in [9.17, 15) is 58.2 Å². The number of nitrogens with two attached hydrogens (primary N) is 1. The number of nitrogens with zero attached hydrogens (tertiary/aromatic N) is 2. The second-order valence-corrected chi connectivity index (χ2v) is 20.1. The fourth-order valence-electron chi connectivity index (χ4n) is 7.75. The summed E-state index contributed by atoms with van der Waals surface area (Å²) in [5, 5.41) is 50.5. The van der Waals surface area contributed by atoms with Crippen LogP contribution in [-0.2, 0) is 54.5 Å². The summed E-state index contributed by atoms with van der Waals surface area (Å²) in [4.78, 5) is 136. The lowest BCUT2D eigenvalue weighted by molar-refractivity contribution is -0.144. The molecule has 0 aliphatic carbocycles.